The number of benzene rings is 2. The van der Waals surface area contributed by atoms with Crippen molar-refractivity contribution in [3.63, 3.8) is 0 Å². The van der Waals surface area contributed by atoms with Crippen molar-refractivity contribution in [1.29, 1.82) is 0 Å². The number of β-amino-alcohol motifs (C(OH)–C–C–N with tert-alkyl or cyclic N) is 1. The number of carbonyl (C=O) groups excluding carboxylic acids is 2. The first-order valence-corrected chi connectivity index (χ1v) is 17.5. The van der Waals surface area contributed by atoms with E-state index in [9.17, 15) is 23.1 Å². The SMILES string of the molecule is Cc1[nH]c(C=C2C(=O)Nc3ccc(S(=O)(=O)Cc4c(Cl)cccc4Cl)cc32)c(C)c1CC(=O)N1CCC[C@@H]1CN1CC[C@@H](O)C1. The molecule has 0 aliphatic carbocycles. The van der Waals surface area contributed by atoms with E-state index in [-0.39, 0.29) is 51.1 Å². The molecule has 0 saturated carbocycles. The van der Waals surface area contributed by atoms with Gasteiger partial charge in [0.2, 0.25) is 5.91 Å². The van der Waals surface area contributed by atoms with Gasteiger partial charge in [-0.15, -0.1) is 0 Å². The smallest absolute Gasteiger partial charge is 0.256 e. The summed E-state index contributed by atoms with van der Waals surface area (Å²) in [7, 11) is -3.84. The van der Waals surface area contributed by atoms with Crippen LogP contribution in [0.4, 0.5) is 5.69 Å². The minimum Gasteiger partial charge on any atom is -0.392 e. The summed E-state index contributed by atoms with van der Waals surface area (Å²) in [4.78, 5) is 34.2. The molecule has 0 spiro atoms. The molecule has 12 heteroatoms. The minimum absolute atomic E-state index is 0.0499. The quantitative estimate of drug-likeness (QED) is 0.290. The highest BCUT2D eigenvalue weighted by Gasteiger charge is 2.33. The van der Waals surface area contributed by atoms with Gasteiger partial charge in [-0.3, -0.25) is 14.5 Å². The number of halogens is 2. The third-order valence-electron chi connectivity index (χ3n) is 9.19. The monoisotopic (exact) mass is 670 g/mol. The molecule has 3 aromatic rings. The molecule has 2 saturated heterocycles. The zero-order valence-electron chi connectivity index (χ0n) is 25.2. The highest BCUT2D eigenvalue weighted by molar-refractivity contribution is 7.90. The number of anilines is 1. The summed E-state index contributed by atoms with van der Waals surface area (Å²) < 4.78 is 26.8. The number of aliphatic hydroxyl groups is 1. The fourth-order valence-electron chi connectivity index (χ4n) is 6.70. The lowest BCUT2D eigenvalue weighted by Gasteiger charge is -2.28. The summed E-state index contributed by atoms with van der Waals surface area (Å²) in [6.45, 7) is 6.86. The molecule has 45 heavy (non-hydrogen) atoms. The molecule has 2 aromatic carbocycles. The van der Waals surface area contributed by atoms with Crippen LogP contribution in [-0.4, -0.2) is 78.4 Å². The predicted molar refractivity (Wildman–Crippen MR) is 176 cm³/mol. The molecule has 3 aliphatic rings. The number of carbonyl (C=O) groups is 2. The number of nitrogens with one attached hydrogen (secondary N) is 2. The number of likely N-dealkylation sites (tertiary alicyclic amines) is 2. The summed E-state index contributed by atoms with van der Waals surface area (Å²) in [5.41, 5.74) is 4.93. The molecule has 2 atom stereocenters. The second-order valence-corrected chi connectivity index (χ2v) is 15.0. The molecule has 3 N–H and O–H groups in total. The Morgan fingerprint density at radius 3 is 2.56 bits per heavy atom. The van der Waals surface area contributed by atoms with Crippen molar-refractivity contribution in [2.45, 2.75) is 62.3 Å². The Hall–Kier alpha value is -3.15. The maximum atomic E-state index is 13.5. The molecule has 2 amide bonds. The van der Waals surface area contributed by atoms with Crippen molar-refractivity contribution in [3.8, 4) is 0 Å². The maximum absolute atomic E-state index is 13.5. The summed E-state index contributed by atoms with van der Waals surface area (Å²) in [5.74, 6) is -0.654. The highest BCUT2D eigenvalue weighted by atomic mass is 35.5. The molecule has 6 rings (SSSR count). The van der Waals surface area contributed by atoms with E-state index in [4.69, 9.17) is 23.2 Å². The normalized spacial score (nSPS) is 21.1. The van der Waals surface area contributed by atoms with Gasteiger partial charge < -0.3 is 20.3 Å². The molecule has 0 bridgehead atoms. The van der Waals surface area contributed by atoms with Crippen molar-refractivity contribution < 1.29 is 23.1 Å². The van der Waals surface area contributed by atoms with E-state index in [0.29, 0.717) is 34.6 Å². The molecular weight excluding hydrogens is 635 g/mol. The van der Waals surface area contributed by atoms with Crippen LogP contribution < -0.4 is 5.32 Å². The standard InChI is InChI=1S/C33H36Cl2N4O5S/c1-19-24(15-32(41)39-11-4-5-21(39)16-38-12-10-22(40)17-38)20(2)36-31(19)14-26-25-13-23(8-9-30(25)37-33(26)42)45(43,44)18-27-28(34)6-3-7-29(27)35/h3,6-9,13-14,21-22,36,40H,4-5,10-12,15-18H2,1-2H3,(H,37,42)/t21-,22-/m1/s1. The molecule has 3 aliphatic heterocycles. The first kappa shape index (κ1) is 31.8. The van der Waals surface area contributed by atoms with E-state index in [2.05, 4.69) is 15.2 Å². The number of aromatic amines is 1. The Bertz CT molecular complexity index is 1800. The number of fused-ring (bicyclic) bond motifs is 1. The van der Waals surface area contributed by atoms with E-state index >= 15 is 0 Å². The number of amides is 2. The van der Waals surface area contributed by atoms with Gasteiger partial charge in [0.1, 0.15) is 0 Å². The van der Waals surface area contributed by atoms with Crippen LogP contribution in [0.1, 0.15) is 52.9 Å². The van der Waals surface area contributed by atoms with Crippen LogP contribution in [0.3, 0.4) is 0 Å². The van der Waals surface area contributed by atoms with Crippen molar-refractivity contribution in [2.75, 3.05) is 31.5 Å². The van der Waals surface area contributed by atoms with Gasteiger partial charge in [-0.1, -0.05) is 29.3 Å². The van der Waals surface area contributed by atoms with Crippen LogP contribution in [0.5, 0.6) is 0 Å². The van der Waals surface area contributed by atoms with E-state index in [1.54, 1.807) is 30.3 Å². The van der Waals surface area contributed by atoms with Crippen LogP contribution >= 0.6 is 23.2 Å². The number of H-pyrrole nitrogens is 1. The topological polar surface area (TPSA) is 123 Å². The van der Waals surface area contributed by atoms with Gasteiger partial charge in [0.15, 0.2) is 9.84 Å². The van der Waals surface area contributed by atoms with Crippen molar-refractivity contribution >= 4 is 62.2 Å². The van der Waals surface area contributed by atoms with Crippen LogP contribution in [0.2, 0.25) is 10.0 Å². The maximum Gasteiger partial charge on any atom is 0.256 e. The fraction of sp³-hybridized carbons (Fsp3) is 0.394. The van der Waals surface area contributed by atoms with Crippen LogP contribution in [0.15, 0.2) is 41.3 Å². The Labute approximate surface area is 273 Å². The van der Waals surface area contributed by atoms with Crippen LogP contribution in [0, 0.1) is 13.8 Å². The average molecular weight is 672 g/mol. The first-order valence-electron chi connectivity index (χ1n) is 15.1. The van der Waals surface area contributed by atoms with Gasteiger partial charge in [-0.05, 0) is 80.6 Å². The Morgan fingerprint density at radius 1 is 1.09 bits per heavy atom. The molecule has 0 unspecified atom stereocenters. The van der Waals surface area contributed by atoms with E-state index in [1.807, 2.05) is 18.7 Å². The van der Waals surface area contributed by atoms with Crippen molar-refractivity contribution in [2.24, 2.45) is 0 Å². The zero-order valence-corrected chi connectivity index (χ0v) is 27.5. The Kier molecular flexibility index (Phi) is 8.88. The van der Waals surface area contributed by atoms with Gasteiger partial charge >= 0.3 is 0 Å². The van der Waals surface area contributed by atoms with Crippen molar-refractivity contribution in [3.05, 3.63) is 80.1 Å². The fourth-order valence-corrected chi connectivity index (χ4v) is 8.82. The van der Waals surface area contributed by atoms with Gasteiger partial charge in [0, 0.05) is 70.5 Å². The molecule has 2 fully saturated rings. The number of aromatic nitrogens is 1. The van der Waals surface area contributed by atoms with Gasteiger partial charge in [-0.25, -0.2) is 8.42 Å². The second kappa shape index (κ2) is 12.6. The number of nitrogens with zero attached hydrogens (tertiary/aromatic N) is 2. The lowest BCUT2D eigenvalue weighted by Crippen LogP contribution is -2.43. The first-order chi connectivity index (χ1) is 21.4. The summed E-state index contributed by atoms with van der Waals surface area (Å²) in [5, 5.41) is 13.3. The molecule has 9 nitrogen and oxygen atoms in total. The number of hydrogen-bond acceptors (Lipinski definition) is 6. The lowest BCUT2D eigenvalue weighted by molar-refractivity contribution is -0.131. The van der Waals surface area contributed by atoms with Gasteiger partial charge in [0.25, 0.3) is 5.91 Å². The van der Waals surface area contributed by atoms with E-state index in [0.717, 1.165) is 55.7 Å². The summed E-state index contributed by atoms with van der Waals surface area (Å²) in [6.07, 6.45) is 4.37. The van der Waals surface area contributed by atoms with Crippen LogP contribution in [-0.2, 0) is 31.6 Å². The number of sulfone groups is 1. The molecule has 0 radical (unpaired) electrons. The number of hydrogen-bond donors (Lipinski definition) is 3. The highest BCUT2D eigenvalue weighted by Crippen LogP contribution is 2.37. The Balaban J connectivity index is 1.23. The minimum atomic E-state index is -3.84. The summed E-state index contributed by atoms with van der Waals surface area (Å²) in [6, 6.07) is 9.54. The second-order valence-electron chi connectivity index (χ2n) is 12.2. The number of aliphatic hydroxyl groups excluding tert-OH is 1. The zero-order chi connectivity index (χ0) is 32.0. The number of rotatable bonds is 8. The van der Waals surface area contributed by atoms with Crippen LogP contribution in [0.25, 0.3) is 11.6 Å². The average Bonchev–Trinajstić information content (AvgIpc) is 3.75. The molecule has 4 heterocycles. The van der Waals surface area contributed by atoms with Gasteiger partial charge in [-0.2, -0.15) is 0 Å². The van der Waals surface area contributed by atoms with E-state index < -0.39 is 9.84 Å². The lowest BCUT2D eigenvalue weighted by atomic mass is 10.0. The molecule has 238 valence electrons. The largest absolute Gasteiger partial charge is 0.392 e. The van der Waals surface area contributed by atoms with Crippen molar-refractivity contribution in [1.82, 2.24) is 14.8 Å². The third kappa shape index (κ3) is 6.44. The molecular formula is C33H36Cl2N4O5S. The summed E-state index contributed by atoms with van der Waals surface area (Å²) >= 11 is 12.5. The van der Waals surface area contributed by atoms with Gasteiger partial charge in [0.05, 0.1) is 28.7 Å². The third-order valence-corrected chi connectivity index (χ3v) is 11.5. The molecule has 1 aromatic heterocycles. The Morgan fingerprint density at radius 2 is 1.84 bits per heavy atom. The van der Waals surface area contributed by atoms with E-state index in [1.165, 1.54) is 12.1 Å². The predicted octanol–water partition coefficient (Wildman–Crippen LogP) is 5.01. The number of aryl methyl sites for hydroxylation is 1.